The van der Waals surface area contributed by atoms with Crippen LogP contribution in [0.25, 0.3) is 0 Å². The topological polar surface area (TPSA) is 84.1 Å². The number of likely N-dealkylation sites (tertiary alicyclic amines) is 1. The number of nitrogens with one attached hydrogen (secondary N) is 1. The van der Waals surface area contributed by atoms with Gasteiger partial charge in [-0.2, -0.15) is 5.10 Å². The van der Waals surface area contributed by atoms with E-state index in [2.05, 4.69) is 20.4 Å². The Morgan fingerprint density at radius 3 is 2.94 bits per heavy atom. The number of rotatable bonds is 3. The summed E-state index contributed by atoms with van der Waals surface area (Å²) in [7, 11) is 0. The average molecular weight is 235 g/mol. The molecule has 17 heavy (non-hydrogen) atoms. The minimum atomic E-state index is -0.0547. The van der Waals surface area contributed by atoms with Crippen molar-refractivity contribution in [2.45, 2.75) is 18.9 Å². The van der Waals surface area contributed by atoms with E-state index in [1.54, 1.807) is 18.3 Å². The molecule has 1 amide bonds. The second-order valence-electron chi connectivity index (χ2n) is 4.27. The van der Waals surface area contributed by atoms with Crippen LogP contribution >= 0.6 is 0 Å². The normalized spacial score (nSPS) is 17.9. The SMILES string of the molecule is NC1CCN(CC(=O)Nc2cccnn2)CC1. The maximum atomic E-state index is 11.7. The molecular formula is C11H17N5O. The molecule has 1 aromatic rings. The molecule has 2 heterocycles. The summed E-state index contributed by atoms with van der Waals surface area (Å²) in [6.45, 7) is 2.16. The highest BCUT2D eigenvalue weighted by atomic mass is 16.2. The van der Waals surface area contributed by atoms with Crippen LogP contribution in [0.4, 0.5) is 5.82 Å². The second-order valence-corrected chi connectivity index (χ2v) is 4.27. The third-order valence-electron chi connectivity index (χ3n) is 2.84. The Morgan fingerprint density at radius 1 is 1.53 bits per heavy atom. The molecule has 1 aliphatic rings. The molecule has 3 N–H and O–H groups in total. The van der Waals surface area contributed by atoms with Gasteiger partial charge in [0.1, 0.15) is 0 Å². The van der Waals surface area contributed by atoms with Crippen LogP contribution in [0.2, 0.25) is 0 Å². The number of piperidine rings is 1. The van der Waals surface area contributed by atoms with Gasteiger partial charge < -0.3 is 11.1 Å². The van der Waals surface area contributed by atoms with Crippen LogP contribution in [-0.2, 0) is 4.79 Å². The van der Waals surface area contributed by atoms with Crippen molar-refractivity contribution >= 4 is 11.7 Å². The monoisotopic (exact) mass is 235 g/mol. The molecule has 0 unspecified atom stereocenters. The van der Waals surface area contributed by atoms with E-state index in [1.165, 1.54) is 0 Å². The molecule has 0 radical (unpaired) electrons. The highest BCUT2D eigenvalue weighted by molar-refractivity contribution is 5.91. The van der Waals surface area contributed by atoms with Crippen LogP contribution in [0.15, 0.2) is 18.3 Å². The molecule has 1 aliphatic heterocycles. The predicted octanol–water partition coefficient (Wildman–Crippen LogP) is -0.162. The Hall–Kier alpha value is -1.53. The van der Waals surface area contributed by atoms with Crippen molar-refractivity contribution in [3.8, 4) is 0 Å². The minimum absolute atomic E-state index is 0.0547. The molecule has 0 aliphatic carbocycles. The largest absolute Gasteiger partial charge is 0.328 e. The molecule has 2 rings (SSSR count). The molecular weight excluding hydrogens is 218 g/mol. The van der Waals surface area contributed by atoms with E-state index in [9.17, 15) is 4.79 Å². The van der Waals surface area contributed by atoms with Crippen molar-refractivity contribution in [1.29, 1.82) is 0 Å². The van der Waals surface area contributed by atoms with E-state index in [-0.39, 0.29) is 11.9 Å². The quantitative estimate of drug-likeness (QED) is 0.760. The smallest absolute Gasteiger partial charge is 0.239 e. The van der Waals surface area contributed by atoms with Gasteiger partial charge in [0.15, 0.2) is 5.82 Å². The Labute approximate surface area is 100 Å². The van der Waals surface area contributed by atoms with Crippen molar-refractivity contribution in [3.63, 3.8) is 0 Å². The molecule has 0 spiro atoms. The maximum Gasteiger partial charge on any atom is 0.239 e. The lowest BCUT2D eigenvalue weighted by atomic mass is 10.1. The van der Waals surface area contributed by atoms with Gasteiger partial charge in [0.05, 0.1) is 6.54 Å². The second kappa shape index (κ2) is 5.70. The molecule has 0 saturated carbocycles. The van der Waals surface area contributed by atoms with Crippen LogP contribution in [0, 0.1) is 0 Å². The van der Waals surface area contributed by atoms with Crippen LogP contribution in [0.1, 0.15) is 12.8 Å². The number of amides is 1. The van der Waals surface area contributed by atoms with Gasteiger partial charge in [0.25, 0.3) is 0 Å². The highest BCUT2D eigenvalue weighted by Crippen LogP contribution is 2.08. The van der Waals surface area contributed by atoms with Gasteiger partial charge in [-0.05, 0) is 25.0 Å². The van der Waals surface area contributed by atoms with E-state index >= 15 is 0 Å². The van der Waals surface area contributed by atoms with Crippen molar-refractivity contribution in [3.05, 3.63) is 18.3 Å². The lowest BCUT2D eigenvalue weighted by Gasteiger charge is -2.29. The summed E-state index contributed by atoms with van der Waals surface area (Å²) >= 11 is 0. The Kier molecular flexibility index (Phi) is 4.00. The fourth-order valence-corrected chi connectivity index (χ4v) is 1.86. The van der Waals surface area contributed by atoms with Crippen LogP contribution in [0.3, 0.4) is 0 Å². The summed E-state index contributed by atoms with van der Waals surface area (Å²) in [6, 6.07) is 3.74. The van der Waals surface area contributed by atoms with Crippen molar-refractivity contribution in [2.75, 3.05) is 25.0 Å². The maximum absolute atomic E-state index is 11.7. The zero-order chi connectivity index (χ0) is 12.1. The molecule has 1 fully saturated rings. The Bertz CT molecular complexity index is 361. The highest BCUT2D eigenvalue weighted by Gasteiger charge is 2.18. The third kappa shape index (κ3) is 3.76. The molecule has 0 atom stereocenters. The van der Waals surface area contributed by atoms with E-state index in [1.807, 2.05) is 0 Å². The van der Waals surface area contributed by atoms with E-state index < -0.39 is 0 Å². The summed E-state index contributed by atoms with van der Waals surface area (Å²) in [6.07, 6.45) is 3.48. The number of nitrogens with two attached hydrogens (primary N) is 1. The van der Waals surface area contributed by atoms with E-state index in [0.717, 1.165) is 25.9 Å². The number of carbonyl (C=O) groups excluding carboxylic acids is 1. The summed E-state index contributed by atoms with van der Waals surface area (Å²) in [5, 5.41) is 10.2. The number of aromatic nitrogens is 2. The first-order valence-electron chi connectivity index (χ1n) is 5.79. The first-order chi connectivity index (χ1) is 8.24. The predicted molar refractivity (Wildman–Crippen MR) is 64.3 cm³/mol. The number of anilines is 1. The van der Waals surface area contributed by atoms with Gasteiger partial charge in [-0.3, -0.25) is 9.69 Å². The fraction of sp³-hybridized carbons (Fsp3) is 0.545. The average Bonchev–Trinajstić information content (AvgIpc) is 2.33. The summed E-state index contributed by atoms with van der Waals surface area (Å²) < 4.78 is 0. The van der Waals surface area contributed by atoms with Gasteiger partial charge >= 0.3 is 0 Å². The van der Waals surface area contributed by atoms with Gasteiger partial charge in [-0.1, -0.05) is 0 Å². The Morgan fingerprint density at radius 2 is 2.29 bits per heavy atom. The molecule has 1 saturated heterocycles. The number of hydrogen-bond acceptors (Lipinski definition) is 5. The summed E-state index contributed by atoms with van der Waals surface area (Å²) in [4.78, 5) is 13.8. The molecule has 6 heteroatoms. The molecule has 92 valence electrons. The molecule has 1 aromatic heterocycles. The third-order valence-corrected chi connectivity index (χ3v) is 2.84. The van der Waals surface area contributed by atoms with Gasteiger partial charge in [0, 0.05) is 25.3 Å². The van der Waals surface area contributed by atoms with Gasteiger partial charge in [0.2, 0.25) is 5.91 Å². The summed E-state index contributed by atoms with van der Waals surface area (Å²) in [5.74, 6) is 0.437. The van der Waals surface area contributed by atoms with Crippen LogP contribution < -0.4 is 11.1 Å². The van der Waals surface area contributed by atoms with Crippen molar-refractivity contribution in [2.24, 2.45) is 5.73 Å². The zero-order valence-corrected chi connectivity index (χ0v) is 9.67. The fourth-order valence-electron chi connectivity index (χ4n) is 1.86. The first-order valence-corrected chi connectivity index (χ1v) is 5.79. The molecule has 0 aromatic carbocycles. The first kappa shape index (κ1) is 11.9. The van der Waals surface area contributed by atoms with Crippen LogP contribution in [-0.4, -0.2) is 46.7 Å². The lowest BCUT2D eigenvalue weighted by Crippen LogP contribution is -2.43. The number of nitrogens with zero attached hydrogens (tertiary/aromatic N) is 3. The van der Waals surface area contributed by atoms with E-state index in [4.69, 9.17) is 5.73 Å². The van der Waals surface area contributed by atoms with Crippen LogP contribution in [0.5, 0.6) is 0 Å². The van der Waals surface area contributed by atoms with E-state index in [0.29, 0.717) is 12.4 Å². The molecule has 0 bridgehead atoms. The number of carbonyl (C=O) groups is 1. The standard InChI is InChI=1S/C11H17N5O/c12-9-3-6-16(7-4-9)8-11(17)14-10-2-1-5-13-15-10/h1-2,5,9H,3-4,6-8,12H2,(H,14,15,17). The van der Waals surface area contributed by atoms with Crippen molar-refractivity contribution in [1.82, 2.24) is 15.1 Å². The molecule has 6 nitrogen and oxygen atoms in total. The Balaban J connectivity index is 1.78. The lowest BCUT2D eigenvalue weighted by molar-refractivity contribution is -0.117. The van der Waals surface area contributed by atoms with Gasteiger partial charge in [-0.25, -0.2) is 0 Å². The van der Waals surface area contributed by atoms with Gasteiger partial charge in [-0.15, -0.1) is 5.10 Å². The number of hydrogen-bond donors (Lipinski definition) is 2. The zero-order valence-electron chi connectivity index (χ0n) is 9.67. The summed E-state index contributed by atoms with van der Waals surface area (Å²) in [5.41, 5.74) is 5.81. The van der Waals surface area contributed by atoms with Crippen molar-refractivity contribution < 1.29 is 4.79 Å². The minimum Gasteiger partial charge on any atom is -0.328 e.